The van der Waals surface area contributed by atoms with Crippen molar-refractivity contribution in [1.82, 2.24) is 5.32 Å². The van der Waals surface area contributed by atoms with Crippen LogP contribution in [-0.4, -0.2) is 34.7 Å². The summed E-state index contributed by atoms with van der Waals surface area (Å²) in [5.74, 6) is -1.27. The van der Waals surface area contributed by atoms with E-state index < -0.39 is 26.6 Å². The van der Waals surface area contributed by atoms with E-state index in [1.54, 1.807) is 0 Å². The highest BCUT2D eigenvalue weighted by molar-refractivity contribution is 7.39. The molecule has 2 amide bonds. The van der Waals surface area contributed by atoms with Gasteiger partial charge in [-0.2, -0.15) is 0 Å². The minimum Gasteiger partial charge on any atom is -0.425 e. The zero-order chi connectivity index (χ0) is 19.5. The van der Waals surface area contributed by atoms with Crippen molar-refractivity contribution in [2.45, 2.75) is 38.8 Å². The second-order valence-corrected chi connectivity index (χ2v) is 6.33. The maximum absolute atomic E-state index is 14.4. The number of rotatable bonds is 11. The fraction of sp³-hybridized carbons (Fsp3) is 0.500. The van der Waals surface area contributed by atoms with Crippen LogP contribution in [0.4, 0.5) is 10.1 Å². The van der Waals surface area contributed by atoms with Gasteiger partial charge in [0.2, 0.25) is 12.1 Å². The lowest BCUT2D eigenvalue weighted by Crippen LogP contribution is -2.28. The van der Waals surface area contributed by atoms with Crippen molar-refractivity contribution < 1.29 is 28.3 Å². The number of amides is 2. The summed E-state index contributed by atoms with van der Waals surface area (Å²) in [7, 11) is -2.70. The number of unbranched alkanes of at least 4 members (excludes halogenated alkanes) is 3. The molecule has 0 aromatic heterocycles. The van der Waals surface area contributed by atoms with E-state index in [4.69, 9.17) is 20.0 Å². The Kier molecular flexibility index (Phi) is 10.0. The molecule has 1 aromatic carbocycles. The third-order valence-electron chi connectivity index (χ3n) is 3.45. The van der Waals surface area contributed by atoms with Crippen LogP contribution in [0.2, 0.25) is 0 Å². The number of benzene rings is 1. The highest BCUT2D eigenvalue weighted by atomic mass is 31.2. The molecule has 0 heterocycles. The Bertz CT molecular complexity index is 603. The van der Waals surface area contributed by atoms with Crippen molar-refractivity contribution in [2.75, 3.05) is 18.4 Å². The number of carbonyl (C=O) groups is 2. The van der Waals surface area contributed by atoms with Crippen LogP contribution >= 0.6 is 8.60 Å². The van der Waals surface area contributed by atoms with Crippen LogP contribution < -0.4 is 20.9 Å². The molecule has 146 valence electrons. The molecule has 0 aliphatic rings. The lowest BCUT2D eigenvalue weighted by molar-refractivity contribution is -0.126. The molecule has 0 spiro atoms. The number of nitrogens with one attached hydrogen (secondary N) is 2. The Balaban J connectivity index is 2.70. The zero-order valence-electron chi connectivity index (χ0n) is 14.6. The quantitative estimate of drug-likeness (QED) is 0.290. The van der Waals surface area contributed by atoms with Crippen molar-refractivity contribution in [2.24, 2.45) is 5.73 Å². The summed E-state index contributed by atoms with van der Waals surface area (Å²) in [6, 6.07) is 3.76. The molecule has 1 atom stereocenters. The highest BCUT2D eigenvalue weighted by Crippen LogP contribution is 2.36. The van der Waals surface area contributed by atoms with Crippen LogP contribution in [0.25, 0.3) is 0 Å². The van der Waals surface area contributed by atoms with Crippen molar-refractivity contribution in [3.05, 3.63) is 23.8 Å². The van der Waals surface area contributed by atoms with Crippen LogP contribution in [-0.2, 0) is 9.59 Å². The van der Waals surface area contributed by atoms with Gasteiger partial charge in [0.15, 0.2) is 5.75 Å². The van der Waals surface area contributed by atoms with E-state index >= 15 is 0 Å². The monoisotopic (exact) mass is 389 g/mol. The summed E-state index contributed by atoms with van der Waals surface area (Å²) in [5, 5.41) is 4.92. The summed E-state index contributed by atoms with van der Waals surface area (Å²) in [6.07, 6.45) is 1.59. The number of nitrogens with two attached hydrogens (primary N) is 1. The van der Waals surface area contributed by atoms with E-state index in [1.807, 2.05) is 0 Å². The van der Waals surface area contributed by atoms with E-state index in [0.29, 0.717) is 13.1 Å². The molecule has 10 heteroatoms. The van der Waals surface area contributed by atoms with Gasteiger partial charge in [-0.3, -0.25) is 9.59 Å². The highest BCUT2D eigenvalue weighted by Gasteiger charge is 2.21. The molecule has 0 fully saturated rings. The van der Waals surface area contributed by atoms with Crippen molar-refractivity contribution in [1.29, 1.82) is 0 Å². The van der Waals surface area contributed by atoms with E-state index in [1.165, 1.54) is 25.1 Å². The SMILES string of the molecule is CC(=O)Nc1cc(C(F)C(=O)NCCCCCCN)ccc1OP(O)O. The number of hydrogen-bond acceptors (Lipinski definition) is 6. The summed E-state index contributed by atoms with van der Waals surface area (Å²) in [6.45, 7) is 2.23. The molecular formula is C16H25FN3O5P. The Morgan fingerprint density at radius 3 is 2.58 bits per heavy atom. The maximum atomic E-state index is 14.4. The van der Waals surface area contributed by atoms with Crippen molar-refractivity contribution >= 4 is 26.1 Å². The molecule has 26 heavy (non-hydrogen) atoms. The van der Waals surface area contributed by atoms with Crippen LogP contribution in [0.15, 0.2) is 18.2 Å². The fourth-order valence-corrected chi connectivity index (χ4v) is 2.57. The van der Waals surface area contributed by atoms with Gasteiger partial charge in [-0.25, -0.2) is 4.39 Å². The first-order valence-electron chi connectivity index (χ1n) is 8.24. The molecule has 8 nitrogen and oxygen atoms in total. The number of alkyl halides is 1. The van der Waals surface area contributed by atoms with Crippen molar-refractivity contribution in [3.63, 3.8) is 0 Å². The van der Waals surface area contributed by atoms with E-state index in [-0.39, 0.29) is 17.0 Å². The molecule has 0 radical (unpaired) electrons. The Hall–Kier alpha value is -1.80. The molecule has 0 aliphatic heterocycles. The van der Waals surface area contributed by atoms with Gasteiger partial charge in [0.05, 0.1) is 5.69 Å². The fourth-order valence-electron chi connectivity index (χ4n) is 2.24. The minimum absolute atomic E-state index is 0.0157. The zero-order valence-corrected chi connectivity index (χ0v) is 15.5. The number of halogens is 1. The first-order chi connectivity index (χ1) is 12.3. The smallest absolute Gasteiger partial charge is 0.391 e. The average Bonchev–Trinajstić information content (AvgIpc) is 2.57. The predicted molar refractivity (Wildman–Crippen MR) is 97.1 cm³/mol. The summed E-state index contributed by atoms with van der Waals surface area (Å²) < 4.78 is 19.2. The molecule has 0 saturated heterocycles. The van der Waals surface area contributed by atoms with Gasteiger partial charge in [0.25, 0.3) is 5.91 Å². The van der Waals surface area contributed by atoms with Crippen LogP contribution in [0, 0.1) is 0 Å². The molecule has 6 N–H and O–H groups in total. The molecule has 0 aliphatic carbocycles. The van der Waals surface area contributed by atoms with Crippen LogP contribution in [0.1, 0.15) is 44.3 Å². The van der Waals surface area contributed by atoms with E-state index in [0.717, 1.165) is 25.7 Å². The number of hydrogen-bond donors (Lipinski definition) is 5. The normalized spacial score (nSPS) is 11.9. The number of anilines is 1. The Morgan fingerprint density at radius 1 is 1.27 bits per heavy atom. The van der Waals surface area contributed by atoms with E-state index in [2.05, 4.69) is 10.6 Å². The largest absolute Gasteiger partial charge is 0.425 e. The van der Waals surface area contributed by atoms with Gasteiger partial charge in [0.1, 0.15) is 0 Å². The first kappa shape index (κ1) is 22.2. The third-order valence-corrected chi connectivity index (χ3v) is 3.81. The van der Waals surface area contributed by atoms with Gasteiger partial charge >= 0.3 is 8.60 Å². The molecular weight excluding hydrogens is 364 g/mol. The van der Waals surface area contributed by atoms with Gasteiger partial charge in [0, 0.05) is 13.5 Å². The van der Waals surface area contributed by atoms with Gasteiger partial charge in [-0.15, -0.1) is 0 Å². The minimum atomic E-state index is -2.70. The average molecular weight is 389 g/mol. The summed E-state index contributed by atoms with van der Waals surface area (Å²) in [4.78, 5) is 41.1. The third kappa shape index (κ3) is 8.05. The molecule has 1 unspecified atom stereocenters. The van der Waals surface area contributed by atoms with Crippen LogP contribution in [0.5, 0.6) is 5.75 Å². The maximum Gasteiger partial charge on any atom is 0.391 e. The molecule has 0 saturated carbocycles. The number of carbonyl (C=O) groups excluding carboxylic acids is 2. The molecule has 1 rings (SSSR count). The lowest BCUT2D eigenvalue weighted by atomic mass is 10.1. The van der Waals surface area contributed by atoms with Crippen LogP contribution in [0.3, 0.4) is 0 Å². The predicted octanol–water partition coefficient (Wildman–Crippen LogP) is 1.88. The molecule has 0 bridgehead atoms. The van der Waals surface area contributed by atoms with Gasteiger partial charge in [-0.1, -0.05) is 18.9 Å². The Morgan fingerprint density at radius 2 is 1.96 bits per heavy atom. The Labute approximate surface area is 152 Å². The van der Waals surface area contributed by atoms with Gasteiger partial charge < -0.3 is 30.7 Å². The second-order valence-electron chi connectivity index (χ2n) is 5.64. The van der Waals surface area contributed by atoms with E-state index in [9.17, 15) is 14.0 Å². The van der Waals surface area contributed by atoms with Gasteiger partial charge in [-0.05, 0) is 37.1 Å². The van der Waals surface area contributed by atoms with Crippen molar-refractivity contribution in [3.8, 4) is 5.75 Å². The molecule has 1 aromatic rings. The lowest BCUT2D eigenvalue weighted by Gasteiger charge is -2.15. The standard InChI is InChI=1S/C16H25FN3O5P/c1-11(21)20-13-10-12(6-7-14(13)25-26(23)24)15(17)16(22)19-9-5-3-2-4-8-18/h6-7,10,15,23-24H,2-5,8-9,18H2,1H3,(H,19,22)(H,20,21). The first-order valence-corrected chi connectivity index (χ1v) is 9.41. The second kappa shape index (κ2) is 11.7. The topological polar surface area (TPSA) is 134 Å². The summed E-state index contributed by atoms with van der Waals surface area (Å²) in [5.41, 5.74) is 5.45. The summed E-state index contributed by atoms with van der Waals surface area (Å²) >= 11 is 0.